The number of pyridine rings is 1. The number of hydrogen-bond acceptors (Lipinski definition) is 7. The van der Waals surface area contributed by atoms with Gasteiger partial charge < -0.3 is 14.5 Å². The molecule has 2 aromatic heterocycles. The number of fused-ring (bicyclic) bond motifs is 1. The van der Waals surface area contributed by atoms with Gasteiger partial charge in [0.25, 0.3) is 5.56 Å². The third-order valence-corrected chi connectivity index (χ3v) is 8.20. The molecule has 2 atom stereocenters. The minimum Gasteiger partial charge on any atom is -0.494 e. The van der Waals surface area contributed by atoms with Crippen LogP contribution in [0.5, 0.6) is 5.75 Å². The smallest absolute Gasteiger partial charge is 0.253 e. The summed E-state index contributed by atoms with van der Waals surface area (Å²) in [7, 11) is 0. The summed E-state index contributed by atoms with van der Waals surface area (Å²) < 4.78 is 13.8. The number of hydrogen-bond donors (Lipinski definition) is 1. The number of H-pyrrole nitrogens is 1. The molecule has 1 aliphatic carbocycles. The van der Waals surface area contributed by atoms with Gasteiger partial charge in [-0.25, -0.2) is 4.68 Å². The van der Waals surface area contributed by atoms with E-state index >= 15 is 0 Å². The fraction of sp³-hybridized carbons (Fsp3) is 0.484. The Hall–Kier alpha value is -3.56. The van der Waals surface area contributed by atoms with Crippen molar-refractivity contribution < 1.29 is 9.47 Å². The van der Waals surface area contributed by atoms with Crippen molar-refractivity contribution >= 4 is 10.9 Å². The highest BCUT2D eigenvalue weighted by molar-refractivity contribution is 5.79. The average Bonchev–Trinajstić information content (AvgIpc) is 3.74. The Morgan fingerprint density at radius 1 is 1.10 bits per heavy atom. The van der Waals surface area contributed by atoms with E-state index in [0.29, 0.717) is 31.1 Å². The van der Waals surface area contributed by atoms with Crippen LogP contribution in [-0.2, 0) is 11.3 Å². The van der Waals surface area contributed by atoms with Gasteiger partial charge in [0.15, 0.2) is 5.82 Å². The highest BCUT2D eigenvalue weighted by atomic mass is 16.5. The number of rotatable bonds is 10. The lowest BCUT2D eigenvalue weighted by Crippen LogP contribution is -2.39. The molecule has 1 saturated carbocycles. The Kier molecular flexibility index (Phi) is 7.93. The molecule has 1 saturated heterocycles. The maximum absolute atomic E-state index is 13.8. The van der Waals surface area contributed by atoms with Gasteiger partial charge in [-0.2, -0.15) is 0 Å². The van der Waals surface area contributed by atoms with Crippen LogP contribution in [0.25, 0.3) is 10.9 Å². The molecule has 0 radical (unpaired) electrons. The summed E-state index contributed by atoms with van der Waals surface area (Å²) in [5.74, 6) is 1.56. The van der Waals surface area contributed by atoms with E-state index in [4.69, 9.17) is 9.47 Å². The normalized spacial score (nSPS) is 18.6. The number of tetrazole rings is 1. The predicted molar refractivity (Wildman–Crippen MR) is 153 cm³/mol. The fourth-order valence-corrected chi connectivity index (χ4v) is 6.24. The molecule has 0 amide bonds. The Bertz CT molecular complexity index is 1490. The van der Waals surface area contributed by atoms with Crippen molar-refractivity contribution in [2.45, 2.75) is 77.1 Å². The summed E-state index contributed by atoms with van der Waals surface area (Å²) in [4.78, 5) is 19.3. The first kappa shape index (κ1) is 26.7. The fourth-order valence-electron chi connectivity index (χ4n) is 6.24. The third kappa shape index (κ3) is 5.67. The SMILES string of the molecule is CCOc1ccc(CN(C[C@H]2CCCO2)[C@H](c2cc3cc(C)ccc3[nH]c2=O)c2nnnn2C2CCCC2)cc1. The van der Waals surface area contributed by atoms with Crippen LogP contribution in [0.2, 0.25) is 0 Å². The maximum Gasteiger partial charge on any atom is 0.253 e. The van der Waals surface area contributed by atoms with Crippen molar-refractivity contribution in [1.29, 1.82) is 0 Å². The van der Waals surface area contributed by atoms with Crippen LogP contribution >= 0.6 is 0 Å². The predicted octanol–water partition coefficient (Wildman–Crippen LogP) is 5.11. The average molecular weight is 543 g/mol. The molecular weight excluding hydrogens is 504 g/mol. The number of nitrogens with zero attached hydrogens (tertiary/aromatic N) is 5. The van der Waals surface area contributed by atoms with Crippen molar-refractivity contribution in [2.75, 3.05) is 19.8 Å². The first-order chi connectivity index (χ1) is 19.6. The molecule has 6 rings (SSSR count). The van der Waals surface area contributed by atoms with Crippen molar-refractivity contribution in [3.8, 4) is 5.75 Å². The summed E-state index contributed by atoms with van der Waals surface area (Å²) in [6.07, 6.45) is 6.54. The van der Waals surface area contributed by atoms with Gasteiger partial charge in [-0.3, -0.25) is 9.69 Å². The Morgan fingerprint density at radius 2 is 1.93 bits per heavy atom. The summed E-state index contributed by atoms with van der Waals surface area (Å²) >= 11 is 0. The van der Waals surface area contributed by atoms with Crippen molar-refractivity contribution in [2.24, 2.45) is 0 Å². The lowest BCUT2D eigenvalue weighted by molar-refractivity contribution is 0.0569. The zero-order valence-electron chi connectivity index (χ0n) is 23.4. The molecule has 1 aliphatic heterocycles. The molecule has 2 fully saturated rings. The standard InChI is InChI=1S/C31H38N6O3/c1-3-39-25-13-11-22(12-14-25)19-36(20-26-9-6-16-40-26)29(30-33-34-35-37(30)24-7-4-5-8-24)27-18-23-17-21(2)10-15-28(23)32-31(27)38/h10-15,17-18,24,26,29H,3-9,16,19-20H2,1-2H3,(H,32,38)/t26-,29-/m1/s1. The van der Waals surface area contributed by atoms with Gasteiger partial charge in [-0.1, -0.05) is 36.6 Å². The van der Waals surface area contributed by atoms with Gasteiger partial charge >= 0.3 is 0 Å². The molecular formula is C31H38N6O3. The minimum atomic E-state index is -0.444. The second-order valence-corrected chi connectivity index (χ2v) is 11.1. The number of benzene rings is 2. The quantitative estimate of drug-likeness (QED) is 0.297. The molecule has 9 heteroatoms. The van der Waals surface area contributed by atoms with E-state index in [1.807, 2.05) is 41.9 Å². The zero-order valence-corrected chi connectivity index (χ0v) is 23.4. The van der Waals surface area contributed by atoms with Gasteiger partial charge in [0.05, 0.1) is 18.8 Å². The molecule has 3 heterocycles. The Morgan fingerprint density at radius 3 is 2.67 bits per heavy atom. The highest BCUT2D eigenvalue weighted by Gasteiger charge is 2.35. The first-order valence-electron chi connectivity index (χ1n) is 14.6. The Labute approximate surface area is 234 Å². The zero-order chi connectivity index (χ0) is 27.5. The van der Waals surface area contributed by atoms with Crippen LogP contribution in [0.4, 0.5) is 0 Å². The number of aromatic nitrogens is 5. The molecule has 1 N–H and O–H groups in total. The topological polar surface area (TPSA) is 98.2 Å². The molecule has 210 valence electrons. The monoisotopic (exact) mass is 542 g/mol. The molecule has 9 nitrogen and oxygen atoms in total. The van der Waals surface area contributed by atoms with E-state index in [-0.39, 0.29) is 17.7 Å². The number of nitrogens with one attached hydrogen (secondary N) is 1. The van der Waals surface area contributed by atoms with E-state index in [1.54, 1.807) is 0 Å². The van der Waals surface area contributed by atoms with Gasteiger partial charge in [-0.15, -0.1) is 5.10 Å². The maximum atomic E-state index is 13.8. The first-order valence-corrected chi connectivity index (χ1v) is 14.6. The Balaban J connectivity index is 1.47. The third-order valence-electron chi connectivity index (χ3n) is 8.20. The van der Waals surface area contributed by atoms with Crippen LogP contribution in [0.15, 0.2) is 53.3 Å². The number of ether oxygens (including phenoxy) is 2. The molecule has 0 unspecified atom stereocenters. The van der Waals surface area contributed by atoms with Crippen LogP contribution < -0.4 is 10.3 Å². The van der Waals surface area contributed by atoms with E-state index in [9.17, 15) is 4.79 Å². The van der Waals surface area contributed by atoms with Gasteiger partial charge in [0, 0.05) is 30.8 Å². The second-order valence-electron chi connectivity index (χ2n) is 11.1. The summed E-state index contributed by atoms with van der Waals surface area (Å²) in [6.45, 7) is 6.72. The highest BCUT2D eigenvalue weighted by Crippen LogP contribution is 2.35. The summed E-state index contributed by atoms with van der Waals surface area (Å²) in [5.41, 5.74) is 3.62. The summed E-state index contributed by atoms with van der Waals surface area (Å²) in [6, 6.07) is 16.1. The van der Waals surface area contributed by atoms with Crippen LogP contribution in [0.3, 0.4) is 0 Å². The minimum absolute atomic E-state index is 0.0859. The van der Waals surface area contributed by atoms with Crippen LogP contribution in [-0.4, -0.2) is 56.0 Å². The van der Waals surface area contributed by atoms with Gasteiger partial charge in [0.2, 0.25) is 0 Å². The largest absolute Gasteiger partial charge is 0.494 e. The lowest BCUT2D eigenvalue weighted by atomic mass is 10.0. The lowest BCUT2D eigenvalue weighted by Gasteiger charge is -2.33. The second kappa shape index (κ2) is 11.9. The van der Waals surface area contributed by atoms with Gasteiger partial charge in [0.1, 0.15) is 11.8 Å². The summed E-state index contributed by atoms with van der Waals surface area (Å²) in [5, 5.41) is 14.2. The molecule has 0 spiro atoms. The molecule has 40 heavy (non-hydrogen) atoms. The van der Waals surface area contributed by atoms with Crippen molar-refractivity contribution in [3.63, 3.8) is 0 Å². The van der Waals surface area contributed by atoms with Crippen LogP contribution in [0, 0.1) is 6.92 Å². The van der Waals surface area contributed by atoms with Crippen molar-refractivity contribution in [3.05, 3.63) is 81.4 Å². The molecule has 2 aliphatic rings. The van der Waals surface area contributed by atoms with E-state index in [0.717, 1.165) is 72.9 Å². The molecule has 2 aromatic carbocycles. The molecule has 4 aromatic rings. The number of aryl methyl sites for hydroxylation is 1. The van der Waals surface area contributed by atoms with Gasteiger partial charge in [-0.05, 0) is 91.2 Å². The van der Waals surface area contributed by atoms with Crippen LogP contribution in [0.1, 0.15) is 80.0 Å². The van der Waals surface area contributed by atoms with Crippen molar-refractivity contribution in [1.82, 2.24) is 30.1 Å². The van der Waals surface area contributed by atoms with E-state index in [1.165, 1.54) is 0 Å². The van der Waals surface area contributed by atoms with E-state index in [2.05, 4.69) is 50.5 Å². The number of aromatic amines is 1. The molecule has 0 bridgehead atoms. The van der Waals surface area contributed by atoms with E-state index < -0.39 is 6.04 Å².